The summed E-state index contributed by atoms with van der Waals surface area (Å²) in [7, 11) is 0. The Balaban J connectivity index is 1.63. The highest BCUT2D eigenvalue weighted by Gasteiger charge is 2.22. The Morgan fingerprint density at radius 2 is 1.92 bits per heavy atom. The van der Waals surface area contributed by atoms with Gasteiger partial charge < -0.3 is 4.90 Å². The summed E-state index contributed by atoms with van der Waals surface area (Å²) in [6.45, 7) is 3.94. The van der Waals surface area contributed by atoms with Crippen LogP contribution in [0.1, 0.15) is 35.9 Å². The van der Waals surface area contributed by atoms with Gasteiger partial charge in [0.1, 0.15) is 5.69 Å². The van der Waals surface area contributed by atoms with Crippen LogP contribution in [0.3, 0.4) is 0 Å². The van der Waals surface area contributed by atoms with E-state index in [2.05, 4.69) is 40.0 Å². The summed E-state index contributed by atoms with van der Waals surface area (Å²) in [5.74, 6) is 1.55. The monoisotopic (exact) mass is 404 g/mol. The predicted octanol–water partition coefficient (Wildman–Crippen LogP) is 5.01. The van der Waals surface area contributed by atoms with Gasteiger partial charge in [-0.1, -0.05) is 28.9 Å². The summed E-state index contributed by atoms with van der Waals surface area (Å²) < 4.78 is 1.08. The van der Waals surface area contributed by atoms with Crippen molar-refractivity contribution in [2.45, 2.75) is 30.4 Å². The van der Waals surface area contributed by atoms with E-state index in [0.29, 0.717) is 5.69 Å². The van der Waals surface area contributed by atoms with Crippen molar-refractivity contribution in [3.8, 4) is 0 Å². The van der Waals surface area contributed by atoms with E-state index in [0.717, 1.165) is 47.8 Å². The molecule has 5 heteroatoms. The molecule has 2 aromatic rings. The second-order valence-corrected chi connectivity index (χ2v) is 8.20. The van der Waals surface area contributed by atoms with Gasteiger partial charge in [-0.15, -0.1) is 11.8 Å². The second kappa shape index (κ2) is 8.17. The van der Waals surface area contributed by atoms with Crippen molar-refractivity contribution in [2.24, 2.45) is 5.92 Å². The normalized spacial score (nSPS) is 15.5. The number of hydrogen-bond donors (Lipinski definition) is 0. The third-order valence-corrected chi connectivity index (χ3v) is 5.87. The van der Waals surface area contributed by atoms with Crippen LogP contribution in [0, 0.1) is 5.92 Å². The minimum Gasteiger partial charge on any atom is -0.337 e. The topological polar surface area (TPSA) is 33.2 Å². The maximum Gasteiger partial charge on any atom is 0.272 e. The molecule has 1 amide bonds. The third-order valence-electron chi connectivity index (χ3n) is 4.30. The van der Waals surface area contributed by atoms with Crippen LogP contribution in [0.15, 0.2) is 51.8 Å². The van der Waals surface area contributed by atoms with E-state index < -0.39 is 0 Å². The highest BCUT2D eigenvalue weighted by Crippen LogP contribution is 2.24. The van der Waals surface area contributed by atoms with Gasteiger partial charge in [0, 0.05) is 28.2 Å². The number of rotatable bonds is 4. The van der Waals surface area contributed by atoms with Crippen LogP contribution < -0.4 is 0 Å². The second-order valence-electron chi connectivity index (χ2n) is 6.23. The molecule has 0 bridgehead atoms. The number of nitrogens with zero attached hydrogens (tertiary/aromatic N) is 2. The molecular formula is C19H21BrN2OS. The van der Waals surface area contributed by atoms with E-state index in [1.54, 1.807) is 11.8 Å². The Hall–Kier alpha value is -1.33. The molecule has 1 saturated heterocycles. The minimum absolute atomic E-state index is 0.0670. The van der Waals surface area contributed by atoms with Gasteiger partial charge >= 0.3 is 0 Å². The summed E-state index contributed by atoms with van der Waals surface area (Å²) in [4.78, 5) is 20.3. The molecule has 0 atom stereocenters. The molecule has 0 radical (unpaired) electrons. The summed E-state index contributed by atoms with van der Waals surface area (Å²) in [6, 6.07) is 14.0. The molecule has 0 N–H and O–H groups in total. The number of pyridine rings is 1. The molecule has 0 saturated carbocycles. The van der Waals surface area contributed by atoms with E-state index in [4.69, 9.17) is 0 Å². The Labute approximate surface area is 156 Å². The number of carbonyl (C=O) groups excluding carboxylic acids is 1. The molecule has 1 aromatic carbocycles. The third kappa shape index (κ3) is 4.61. The van der Waals surface area contributed by atoms with Crippen molar-refractivity contribution in [2.75, 3.05) is 13.1 Å². The molecule has 0 unspecified atom stereocenters. The fraction of sp³-hybridized carbons (Fsp3) is 0.368. The lowest BCUT2D eigenvalue weighted by atomic mass is 9.99. The van der Waals surface area contributed by atoms with E-state index in [-0.39, 0.29) is 5.91 Å². The largest absolute Gasteiger partial charge is 0.337 e. The van der Waals surface area contributed by atoms with Crippen LogP contribution >= 0.6 is 27.7 Å². The number of likely N-dealkylation sites (tertiary alicyclic amines) is 1. The molecule has 1 aliphatic heterocycles. The van der Waals surface area contributed by atoms with Gasteiger partial charge in [0.25, 0.3) is 5.91 Å². The zero-order chi connectivity index (χ0) is 16.9. The molecule has 1 aromatic heterocycles. The lowest BCUT2D eigenvalue weighted by Crippen LogP contribution is -2.38. The number of halogens is 1. The zero-order valence-corrected chi connectivity index (χ0v) is 16.1. The van der Waals surface area contributed by atoms with E-state index in [1.807, 2.05) is 35.2 Å². The summed E-state index contributed by atoms with van der Waals surface area (Å²) >= 11 is 5.17. The van der Waals surface area contributed by atoms with E-state index in [1.165, 1.54) is 4.90 Å². The molecule has 1 fully saturated rings. The van der Waals surface area contributed by atoms with Crippen molar-refractivity contribution in [3.05, 3.63) is 58.3 Å². The molecule has 126 valence electrons. The van der Waals surface area contributed by atoms with Gasteiger partial charge in [-0.3, -0.25) is 4.79 Å². The Bertz CT molecular complexity index is 697. The first-order chi connectivity index (χ1) is 11.6. The van der Waals surface area contributed by atoms with Crippen LogP contribution in [0.4, 0.5) is 0 Å². The SMILES string of the molecule is CC1CCN(C(=O)c2cccc(CSc3ccc(Br)cc3)n2)CC1. The molecule has 0 spiro atoms. The maximum atomic E-state index is 12.6. The summed E-state index contributed by atoms with van der Waals surface area (Å²) in [5.41, 5.74) is 1.51. The standard InChI is InChI=1S/C19H21BrN2OS/c1-14-9-11-22(12-10-14)19(23)18-4-2-3-16(21-18)13-24-17-7-5-15(20)6-8-17/h2-8,14H,9-13H2,1H3. The molecule has 2 heterocycles. The van der Waals surface area contributed by atoms with Crippen molar-refractivity contribution >= 4 is 33.6 Å². The number of piperidine rings is 1. The Morgan fingerprint density at radius 3 is 2.62 bits per heavy atom. The van der Waals surface area contributed by atoms with E-state index in [9.17, 15) is 4.79 Å². The first-order valence-electron chi connectivity index (χ1n) is 8.25. The van der Waals surface area contributed by atoms with Crippen LogP contribution in [0.5, 0.6) is 0 Å². The first-order valence-corrected chi connectivity index (χ1v) is 10.0. The highest BCUT2D eigenvalue weighted by atomic mass is 79.9. The number of carbonyl (C=O) groups is 1. The maximum absolute atomic E-state index is 12.6. The van der Waals surface area contributed by atoms with Gasteiger partial charge in [0.15, 0.2) is 0 Å². The van der Waals surface area contributed by atoms with Gasteiger partial charge in [0.05, 0.1) is 5.69 Å². The Morgan fingerprint density at radius 1 is 1.21 bits per heavy atom. The number of thioether (sulfide) groups is 1. The smallest absolute Gasteiger partial charge is 0.272 e. The van der Waals surface area contributed by atoms with Crippen molar-refractivity contribution < 1.29 is 4.79 Å². The lowest BCUT2D eigenvalue weighted by Gasteiger charge is -2.30. The Kier molecular flexibility index (Phi) is 5.95. The fourth-order valence-corrected chi connectivity index (χ4v) is 3.81. The highest BCUT2D eigenvalue weighted by molar-refractivity contribution is 9.10. The zero-order valence-electron chi connectivity index (χ0n) is 13.7. The van der Waals surface area contributed by atoms with Gasteiger partial charge in [-0.25, -0.2) is 4.98 Å². The molecule has 0 aliphatic carbocycles. The number of amides is 1. The predicted molar refractivity (Wildman–Crippen MR) is 102 cm³/mol. The van der Waals surface area contributed by atoms with Crippen LogP contribution in [-0.2, 0) is 5.75 Å². The first kappa shape index (κ1) is 17.5. The summed E-state index contributed by atoms with van der Waals surface area (Å²) in [6.07, 6.45) is 2.18. The molecular weight excluding hydrogens is 384 g/mol. The van der Waals surface area contributed by atoms with Crippen LogP contribution in [0.2, 0.25) is 0 Å². The molecule has 3 rings (SSSR count). The molecule has 3 nitrogen and oxygen atoms in total. The van der Waals surface area contributed by atoms with E-state index >= 15 is 0 Å². The number of aromatic nitrogens is 1. The minimum atomic E-state index is 0.0670. The number of hydrogen-bond acceptors (Lipinski definition) is 3. The van der Waals surface area contributed by atoms with Gasteiger partial charge in [-0.2, -0.15) is 0 Å². The average Bonchev–Trinajstić information content (AvgIpc) is 2.61. The molecule has 24 heavy (non-hydrogen) atoms. The van der Waals surface area contributed by atoms with Crippen molar-refractivity contribution in [3.63, 3.8) is 0 Å². The van der Waals surface area contributed by atoms with Crippen LogP contribution in [-0.4, -0.2) is 28.9 Å². The number of benzene rings is 1. The van der Waals surface area contributed by atoms with Gasteiger partial charge in [-0.05, 0) is 55.2 Å². The summed E-state index contributed by atoms with van der Waals surface area (Å²) in [5, 5.41) is 0. The average molecular weight is 405 g/mol. The fourth-order valence-electron chi connectivity index (χ4n) is 2.74. The van der Waals surface area contributed by atoms with Crippen LogP contribution in [0.25, 0.3) is 0 Å². The van der Waals surface area contributed by atoms with Gasteiger partial charge in [0.2, 0.25) is 0 Å². The molecule has 1 aliphatic rings. The lowest BCUT2D eigenvalue weighted by molar-refractivity contribution is 0.0691. The van der Waals surface area contributed by atoms with Crippen molar-refractivity contribution in [1.82, 2.24) is 9.88 Å². The van der Waals surface area contributed by atoms with Crippen molar-refractivity contribution in [1.29, 1.82) is 0 Å². The quantitative estimate of drug-likeness (QED) is 0.671.